The Balaban J connectivity index is 3.00. The zero-order valence-corrected chi connectivity index (χ0v) is 12.6. The van der Waals surface area contributed by atoms with E-state index in [-0.39, 0.29) is 5.91 Å². The molecular weight excluding hydrogens is 260 g/mol. The highest BCUT2D eigenvalue weighted by molar-refractivity contribution is 6.30. The van der Waals surface area contributed by atoms with Crippen LogP contribution >= 0.6 is 11.6 Å². The largest absolute Gasteiger partial charge is 0.371 e. The van der Waals surface area contributed by atoms with Gasteiger partial charge in [-0.3, -0.25) is 4.79 Å². The molecule has 3 nitrogen and oxygen atoms in total. The van der Waals surface area contributed by atoms with Gasteiger partial charge in [0.2, 0.25) is 5.91 Å². The maximum atomic E-state index is 11.9. The van der Waals surface area contributed by atoms with Crippen molar-refractivity contribution >= 4 is 23.2 Å². The van der Waals surface area contributed by atoms with Crippen LogP contribution in [0, 0.1) is 5.92 Å². The maximum Gasteiger partial charge on any atom is 0.243 e. The molecule has 106 valence electrons. The number of hydrogen-bond donors (Lipinski definition) is 2. The molecule has 0 saturated heterocycles. The number of benzene rings is 1. The molecule has 0 spiro atoms. The highest BCUT2D eigenvalue weighted by Crippen LogP contribution is 2.28. The van der Waals surface area contributed by atoms with Crippen LogP contribution in [-0.2, 0) is 4.79 Å². The van der Waals surface area contributed by atoms with Gasteiger partial charge in [0.15, 0.2) is 0 Å². The van der Waals surface area contributed by atoms with Crippen molar-refractivity contribution in [2.75, 3.05) is 5.32 Å². The van der Waals surface area contributed by atoms with E-state index < -0.39 is 5.54 Å². The Morgan fingerprint density at radius 1 is 1.47 bits per heavy atom. The fourth-order valence-electron chi connectivity index (χ4n) is 2.20. The molecule has 2 atom stereocenters. The predicted octanol–water partition coefficient (Wildman–Crippen LogP) is 3.82. The number of primary amides is 1. The quantitative estimate of drug-likeness (QED) is 0.799. The Bertz CT molecular complexity index is 436. The highest BCUT2D eigenvalue weighted by Gasteiger charge is 2.35. The zero-order chi connectivity index (χ0) is 14.5. The summed E-state index contributed by atoms with van der Waals surface area (Å²) >= 11 is 5.97. The summed E-state index contributed by atoms with van der Waals surface area (Å²) in [6.07, 6.45) is 2.40. The molecule has 2 unspecified atom stereocenters. The molecule has 3 N–H and O–H groups in total. The molecule has 0 aliphatic heterocycles. The van der Waals surface area contributed by atoms with Crippen molar-refractivity contribution in [3.05, 3.63) is 29.3 Å². The lowest BCUT2D eigenvalue weighted by atomic mass is 9.83. The van der Waals surface area contributed by atoms with Gasteiger partial charge in [0.1, 0.15) is 5.54 Å². The summed E-state index contributed by atoms with van der Waals surface area (Å²) in [5.41, 5.74) is 5.76. The first-order valence-electron chi connectivity index (χ1n) is 6.77. The van der Waals surface area contributed by atoms with Gasteiger partial charge >= 0.3 is 0 Å². The molecule has 0 aliphatic rings. The van der Waals surface area contributed by atoms with Crippen LogP contribution in [0.1, 0.15) is 40.0 Å². The smallest absolute Gasteiger partial charge is 0.243 e. The third-order valence-electron chi connectivity index (χ3n) is 3.68. The van der Waals surface area contributed by atoms with E-state index in [1.54, 1.807) is 6.07 Å². The molecule has 4 heteroatoms. The number of anilines is 1. The molecule has 1 rings (SSSR count). The van der Waals surface area contributed by atoms with Crippen LogP contribution in [0.25, 0.3) is 0 Å². The standard InChI is InChI=1S/C15H23ClN2O/c1-4-11(3)10-15(5-2,14(17)19)18-13-8-6-7-12(16)9-13/h6-9,11,18H,4-5,10H2,1-3H3,(H2,17,19). The lowest BCUT2D eigenvalue weighted by molar-refractivity contribution is -0.123. The molecular formula is C15H23ClN2O. The topological polar surface area (TPSA) is 55.1 Å². The molecule has 0 aromatic heterocycles. The van der Waals surface area contributed by atoms with Crippen molar-refractivity contribution in [2.45, 2.75) is 45.6 Å². The second-order valence-corrected chi connectivity index (χ2v) is 5.59. The third-order valence-corrected chi connectivity index (χ3v) is 3.91. The Morgan fingerprint density at radius 3 is 2.63 bits per heavy atom. The number of carbonyl (C=O) groups is 1. The van der Waals surface area contributed by atoms with Crippen molar-refractivity contribution in [1.29, 1.82) is 0 Å². The SMILES string of the molecule is CCC(C)CC(CC)(Nc1cccc(Cl)c1)C(N)=O. The van der Waals surface area contributed by atoms with Crippen molar-refractivity contribution in [1.82, 2.24) is 0 Å². The van der Waals surface area contributed by atoms with E-state index in [2.05, 4.69) is 19.2 Å². The number of hydrogen-bond acceptors (Lipinski definition) is 2. The van der Waals surface area contributed by atoms with E-state index in [4.69, 9.17) is 17.3 Å². The summed E-state index contributed by atoms with van der Waals surface area (Å²) in [7, 11) is 0. The molecule has 0 fully saturated rings. The van der Waals surface area contributed by atoms with E-state index in [0.717, 1.165) is 18.5 Å². The third kappa shape index (κ3) is 4.13. The predicted molar refractivity (Wildman–Crippen MR) is 81.4 cm³/mol. The van der Waals surface area contributed by atoms with Gasteiger partial charge in [0, 0.05) is 10.7 Å². The molecule has 1 amide bonds. The maximum absolute atomic E-state index is 11.9. The number of nitrogens with one attached hydrogen (secondary N) is 1. The van der Waals surface area contributed by atoms with Crippen LogP contribution in [0.15, 0.2) is 24.3 Å². The summed E-state index contributed by atoms with van der Waals surface area (Å²) < 4.78 is 0. The van der Waals surface area contributed by atoms with Gasteiger partial charge in [0.25, 0.3) is 0 Å². The Kier molecular flexibility index (Phi) is 5.67. The fourth-order valence-corrected chi connectivity index (χ4v) is 2.39. The van der Waals surface area contributed by atoms with Crippen molar-refractivity contribution in [3.8, 4) is 0 Å². The van der Waals surface area contributed by atoms with Crippen molar-refractivity contribution in [3.63, 3.8) is 0 Å². The number of halogens is 1. The second kappa shape index (κ2) is 6.80. The number of amides is 1. The molecule has 19 heavy (non-hydrogen) atoms. The Labute approximate surface area is 120 Å². The second-order valence-electron chi connectivity index (χ2n) is 5.15. The van der Waals surface area contributed by atoms with Gasteiger partial charge in [-0.05, 0) is 37.0 Å². The minimum absolute atomic E-state index is 0.310. The van der Waals surface area contributed by atoms with Crippen molar-refractivity contribution in [2.24, 2.45) is 11.7 Å². The van der Waals surface area contributed by atoms with E-state index >= 15 is 0 Å². The van der Waals surface area contributed by atoms with Gasteiger partial charge in [-0.15, -0.1) is 0 Å². The molecule has 0 saturated carbocycles. The molecule has 0 aliphatic carbocycles. The van der Waals surface area contributed by atoms with Crippen molar-refractivity contribution < 1.29 is 4.79 Å². The van der Waals surface area contributed by atoms with Gasteiger partial charge in [-0.25, -0.2) is 0 Å². The first kappa shape index (κ1) is 15.8. The van der Waals surface area contributed by atoms with Gasteiger partial charge in [-0.1, -0.05) is 44.9 Å². The number of carbonyl (C=O) groups excluding carboxylic acids is 1. The molecule has 1 aromatic carbocycles. The Morgan fingerprint density at radius 2 is 2.16 bits per heavy atom. The highest BCUT2D eigenvalue weighted by atomic mass is 35.5. The van der Waals surface area contributed by atoms with Crippen LogP contribution in [0.2, 0.25) is 5.02 Å². The van der Waals surface area contributed by atoms with Crippen LogP contribution in [-0.4, -0.2) is 11.4 Å². The minimum atomic E-state index is -0.708. The molecule has 0 radical (unpaired) electrons. The number of nitrogens with two attached hydrogens (primary N) is 1. The van der Waals surface area contributed by atoms with Gasteiger partial charge < -0.3 is 11.1 Å². The average Bonchev–Trinajstić information content (AvgIpc) is 2.37. The molecule has 1 aromatic rings. The first-order chi connectivity index (χ1) is 8.93. The van der Waals surface area contributed by atoms with E-state index in [9.17, 15) is 4.79 Å². The molecule has 0 heterocycles. The number of rotatable bonds is 7. The summed E-state index contributed by atoms with van der Waals surface area (Å²) in [6, 6.07) is 7.37. The van der Waals surface area contributed by atoms with Crippen LogP contribution < -0.4 is 11.1 Å². The minimum Gasteiger partial charge on any atom is -0.371 e. The summed E-state index contributed by atoms with van der Waals surface area (Å²) in [5, 5.41) is 3.93. The fraction of sp³-hybridized carbons (Fsp3) is 0.533. The van der Waals surface area contributed by atoms with E-state index in [0.29, 0.717) is 17.4 Å². The van der Waals surface area contributed by atoms with Crippen LogP contribution in [0.4, 0.5) is 5.69 Å². The first-order valence-corrected chi connectivity index (χ1v) is 7.15. The molecule has 0 bridgehead atoms. The normalized spacial score (nSPS) is 15.6. The lowest BCUT2D eigenvalue weighted by Gasteiger charge is -2.34. The monoisotopic (exact) mass is 282 g/mol. The van der Waals surface area contributed by atoms with E-state index in [1.807, 2.05) is 25.1 Å². The van der Waals surface area contributed by atoms with Crippen LogP contribution in [0.5, 0.6) is 0 Å². The van der Waals surface area contributed by atoms with Crippen LogP contribution in [0.3, 0.4) is 0 Å². The van der Waals surface area contributed by atoms with Gasteiger partial charge in [0.05, 0.1) is 0 Å². The van der Waals surface area contributed by atoms with E-state index in [1.165, 1.54) is 0 Å². The summed E-state index contributed by atoms with van der Waals surface area (Å²) in [5.74, 6) is 0.120. The Hall–Kier alpha value is -1.22. The lowest BCUT2D eigenvalue weighted by Crippen LogP contribution is -2.51. The summed E-state index contributed by atoms with van der Waals surface area (Å²) in [4.78, 5) is 11.9. The zero-order valence-electron chi connectivity index (χ0n) is 11.9. The summed E-state index contributed by atoms with van der Waals surface area (Å²) in [6.45, 7) is 6.23. The average molecular weight is 283 g/mol. The van der Waals surface area contributed by atoms with Gasteiger partial charge in [-0.2, -0.15) is 0 Å².